The molecule has 60 valence electrons. The Bertz CT molecular complexity index is 97.8. The van der Waals surface area contributed by atoms with E-state index in [0.29, 0.717) is 6.10 Å². The van der Waals surface area contributed by atoms with Crippen molar-refractivity contribution in [1.29, 1.82) is 0 Å². The van der Waals surface area contributed by atoms with Crippen molar-refractivity contribution in [3.05, 3.63) is 0 Å². The van der Waals surface area contributed by atoms with Crippen LogP contribution in [0.4, 0.5) is 0 Å². The Labute approximate surface area is 67.7 Å². The average molecular weight is 164 g/mol. The number of ether oxygens (including phenoxy) is 1. The van der Waals surface area contributed by atoms with E-state index in [1.54, 1.807) is 0 Å². The van der Waals surface area contributed by atoms with Crippen LogP contribution in [0.25, 0.3) is 0 Å². The molecule has 1 N–H and O–H groups in total. The van der Waals surface area contributed by atoms with E-state index >= 15 is 0 Å². The van der Waals surface area contributed by atoms with Crippen LogP contribution in [-0.4, -0.2) is 25.8 Å². The topological polar surface area (TPSA) is 21.3 Å². The van der Waals surface area contributed by atoms with Gasteiger partial charge in [-0.15, -0.1) is 12.4 Å². The second-order valence-electron chi connectivity index (χ2n) is 2.95. The highest BCUT2D eigenvalue weighted by atomic mass is 35.5. The van der Waals surface area contributed by atoms with Crippen molar-refractivity contribution in [1.82, 2.24) is 5.32 Å². The van der Waals surface area contributed by atoms with Gasteiger partial charge in [0.25, 0.3) is 0 Å². The van der Waals surface area contributed by atoms with Crippen LogP contribution in [0, 0.1) is 5.92 Å². The molecule has 2 saturated heterocycles. The number of rotatable bonds is 0. The molecule has 0 aliphatic carbocycles. The quantitative estimate of drug-likeness (QED) is 0.571. The minimum atomic E-state index is 0. The Morgan fingerprint density at radius 2 is 2.20 bits per heavy atom. The Kier molecular flexibility index (Phi) is 2.96. The van der Waals surface area contributed by atoms with Gasteiger partial charge in [0, 0.05) is 13.2 Å². The summed E-state index contributed by atoms with van der Waals surface area (Å²) in [6.45, 7) is 3.34. The summed E-state index contributed by atoms with van der Waals surface area (Å²) in [5.41, 5.74) is 0. The van der Waals surface area contributed by atoms with E-state index in [-0.39, 0.29) is 12.4 Å². The zero-order valence-corrected chi connectivity index (χ0v) is 6.82. The summed E-state index contributed by atoms with van der Waals surface area (Å²) in [4.78, 5) is 0. The first-order valence-corrected chi connectivity index (χ1v) is 3.79. The summed E-state index contributed by atoms with van der Waals surface area (Å²) in [5.74, 6) is 0.832. The van der Waals surface area contributed by atoms with Crippen LogP contribution in [0.1, 0.15) is 12.8 Å². The Balaban J connectivity index is 0.000000500. The molecule has 2 rings (SSSR count). The van der Waals surface area contributed by atoms with Crippen LogP contribution >= 0.6 is 12.4 Å². The van der Waals surface area contributed by atoms with Gasteiger partial charge in [0.2, 0.25) is 0 Å². The smallest absolute Gasteiger partial charge is 0.0628 e. The van der Waals surface area contributed by atoms with E-state index in [9.17, 15) is 0 Å². The zero-order chi connectivity index (χ0) is 6.10. The zero-order valence-electron chi connectivity index (χ0n) is 6.01. The van der Waals surface area contributed by atoms with E-state index in [2.05, 4.69) is 5.32 Å². The molecule has 0 bridgehead atoms. The monoisotopic (exact) mass is 163 g/mol. The summed E-state index contributed by atoms with van der Waals surface area (Å²) in [6.07, 6.45) is 3.11. The number of piperidine rings is 1. The molecule has 3 heteroatoms. The Morgan fingerprint density at radius 3 is 3.00 bits per heavy atom. The number of hydrogen-bond acceptors (Lipinski definition) is 2. The molecule has 0 saturated carbocycles. The first-order valence-electron chi connectivity index (χ1n) is 3.79. The van der Waals surface area contributed by atoms with Gasteiger partial charge in [-0.1, -0.05) is 0 Å². The van der Waals surface area contributed by atoms with Gasteiger partial charge in [-0.2, -0.15) is 0 Å². The maximum absolute atomic E-state index is 5.52. The van der Waals surface area contributed by atoms with E-state index in [1.807, 2.05) is 0 Å². The molecular weight excluding hydrogens is 150 g/mol. The minimum absolute atomic E-state index is 0. The van der Waals surface area contributed by atoms with E-state index < -0.39 is 0 Å². The van der Waals surface area contributed by atoms with Gasteiger partial charge in [0.1, 0.15) is 0 Å². The lowest BCUT2D eigenvalue weighted by atomic mass is 9.96. The normalized spacial score (nSPS) is 38.4. The molecule has 0 amide bonds. The first-order chi connectivity index (χ1) is 4.47. The second kappa shape index (κ2) is 3.56. The highest BCUT2D eigenvalue weighted by molar-refractivity contribution is 5.85. The van der Waals surface area contributed by atoms with Crippen molar-refractivity contribution in [2.45, 2.75) is 18.9 Å². The van der Waals surface area contributed by atoms with E-state index in [0.717, 1.165) is 19.1 Å². The molecule has 2 nitrogen and oxygen atoms in total. The molecule has 2 heterocycles. The van der Waals surface area contributed by atoms with Crippen molar-refractivity contribution in [2.75, 3.05) is 19.7 Å². The first kappa shape index (κ1) is 8.31. The lowest BCUT2D eigenvalue weighted by Crippen LogP contribution is -2.37. The summed E-state index contributed by atoms with van der Waals surface area (Å²) >= 11 is 0. The third-order valence-corrected chi connectivity index (χ3v) is 2.36. The van der Waals surface area contributed by atoms with Crippen molar-refractivity contribution in [3.63, 3.8) is 0 Å². The van der Waals surface area contributed by atoms with Crippen LogP contribution in [0.15, 0.2) is 0 Å². The SMILES string of the molecule is C1CC2OCCC2CN1.Cl. The number of fused-ring (bicyclic) bond motifs is 1. The molecule has 0 aromatic rings. The molecule has 2 aliphatic rings. The van der Waals surface area contributed by atoms with E-state index in [1.165, 1.54) is 19.4 Å². The predicted molar refractivity (Wildman–Crippen MR) is 42.6 cm³/mol. The fourth-order valence-electron chi connectivity index (χ4n) is 1.78. The van der Waals surface area contributed by atoms with Crippen LogP contribution in [0.2, 0.25) is 0 Å². The molecule has 2 unspecified atom stereocenters. The van der Waals surface area contributed by atoms with Gasteiger partial charge >= 0.3 is 0 Å². The van der Waals surface area contributed by atoms with Crippen LogP contribution in [0.3, 0.4) is 0 Å². The summed E-state index contributed by atoms with van der Waals surface area (Å²) in [5, 5.41) is 3.38. The van der Waals surface area contributed by atoms with E-state index in [4.69, 9.17) is 4.74 Å². The van der Waals surface area contributed by atoms with Crippen molar-refractivity contribution in [3.8, 4) is 0 Å². The minimum Gasteiger partial charge on any atom is -0.378 e. The maximum atomic E-state index is 5.52. The highest BCUT2D eigenvalue weighted by Gasteiger charge is 2.29. The number of hydrogen-bond donors (Lipinski definition) is 1. The van der Waals surface area contributed by atoms with Crippen LogP contribution in [0.5, 0.6) is 0 Å². The van der Waals surface area contributed by atoms with Gasteiger partial charge in [0.05, 0.1) is 6.10 Å². The fraction of sp³-hybridized carbons (Fsp3) is 1.00. The van der Waals surface area contributed by atoms with Gasteiger partial charge in [-0.05, 0) is 25.3 Å². The number of nitrogens with one attached hydrogen (secondary N) is 1. The average Bonchev–Trinajstić information content (AvgIpc) is 2.33. The van der Waals surface area contributed by atoms with Crippen molar-refractivity contribution in [2.24, 2.45) is 5.92 Å². The van der Waals surface area contributed by atoms with Crippen molar-refractivity contribution < 1.29 is 4.74 Å². The molecule has 0 aromatic heterocycles. The summed E-state index contributed by atoms with van der Waals surface area (Å²) in [6, 6.07) is 0. The lowest BCUT2D eigenvalue weighted by Gasteiger charge is -2.24. The number of halogens is 1. The van der Waals surface area contributed by atoms with Crippen LogP contribution < -0.4 is 5.32 Å². The highest BCUT2D eigenvalue weighted by Crippen LogP contribution is 2.24. The molecule has 10 heavy (non-hydrogen) atoms. The molecule has 0 spiro atoms. The van der Waals surface area contributed by atoms with Gasteiger partial charge < -0.3 is 10.1 Å². The molecule has 0 aromatic carbocycles. The lowest BCUT2D eigenvalue weighted by molar-refractivity contribution is 0.0719. The largest absolute Gasteiger partial charge is 0.378 e. The molecular formula is C7H14ClNO. The Morgan fingerprint density at radius 1 is 1.30 bits per heavy atom. The second-order valence-corrected chi connectivity index (χ2v) is 2.95. The van der Waals surface area contributed by atoms with Crippen LogP contribution in [-0.2, 0) is 4.74 Å². The van der Waals surface area contributed by atoms with Gasteiger partial charge in [0.15, 0.2) is 0 Å². The summed E-state index contributed by atoms with van der Waals surface area (Å²) in [7, 11) is 0. The van der Waals surface area contributed by atoms with Crippen molar-refractivity contribution >= 4 is 12.4 Å². The third kappa shape index (κ3) is 1.44. The van der Waals surface area contributed by atoms with Gasteiger partial charge in [-0.3, -0.25) is 0 Å². The molecule has 2 atom stereocenters. The standard InChI is InChI=1S/C7H13NO.ClH/c1-3-8-5-6-2-4-9-7(1)6;/h6-8H,1-5H2;1H. The van der Waals surface area contributed by atoms with Gasteiger partial charge in [-0.25, -0.2) is 0 Å². The summed E-state index contributed by atoms with van der Waals surface area (Å²) < 4.78 is 5.52. The molecule has 0 radical (unpaired) electrons. The fourth-order valence-corrected chi connectivity index (χ4v) is 1.78. The molecule has 2 fully saturated rings. The Hall–Kier alpha value is 0.210. The molecule has 2 aliphatic heterocycles. The predicted octanol–water partition coefficient (Wildman–Crippen LogP) is 0.807. The maximum Gasteiger partial charge on any atom is 0.0628 e. The third-order valence-electron chi connectivity index (χ3n) is 2.36.